The third-order valence-electron chi connectivity index (χ3n) is 1.99. The highest BCUT2D eigenvalue weighted by atomic mass is 16.4. The maximum Gasteiger partial charge on any atom is 0.311 e. The molecule has 0 radical (unpaired) electrons. The molecule has 0 aliphatic rings. The third-order valence-corrected chi connectivity index (χ3v) is 1.99. The first-order valence-corrected chi connectivity index (χ1v) is 4.72. The normalized spacial score (nSPS) is 10.8. The van der Waals surface area contributed by atoms with Crippen molar-refractivity contribution in [3.8, 4) is 0 Å². The molecule has 0 amide bonds. The van der Waals surface area contributed by atoms with E-state index in [1.54, 1.807) is 0 Å². The van der Waals surface area contributed by atoms with Crippen molar-refractivity contribution in [1.29, 1.82) is 0 Å². The summed E-state index contributed by atoms with van der Waals surface area (Å²) >= 11 is 0. The highest BCUT2D eigenvalue weighted by Crippen LogP contribution is 2.08. The molecule has 7 nitrogen and oxygen atoms in total. The number of carbonyl (C=O) groups is 1. The molecular weight excluding hydrogens is 212 g/mol. The lowest BCUT2D eigenvalue weighted by Crippen LogP contribution is -2.01. The Morgan fingerprint density at radius 1 is 1.44 bits per heavy atom. The Bertz CT molecular complexity index is 522. The van der Waals surface area contributed by atoms with Crippen LogP contribution in [0.4, 0.5) is 0 Å². The number of aromatic amines is 1. The van der Waals surface area contributed by atoms with E-state index in [0.29, 0.717) is 29.2 Å². The SMILES string of the molecule is O=C(O)Cc1nc2nc(CCO)ncc2[nH]1. The highest BCUT2D eigenvalue weighted by Gasteiger charge is 2.08. The fourth-order valence-electron chi connectivity index (χ4n) is 1.34. The van der Waals surface area contributed by atoms with Gasteiger partial charge in [-0.3, -0.25) is 4.79 Å². The summed E-state index contributed by atoms with van der Waals surface area (Å²) in [6.45, 7) is -0.0298. The predicted octanol–water partition coefficient (Wildman–Crippen LogP) is -0.485. The van der Waals surface area contributed by atoms with Crippen molar-refractivity contribution in [2.75, 3.05) is 6.61 Å². The molecule has 7 heteroatoms. The Morgan fingerprint density at radius 3 is 2.94 bits per heavy atom. The number of nitrogens with one attached hydrogen (secondary N) is 1. The summed E-state index contributed by atoms with van der Waals surface area (Å²) in [6.07, 6.45) is 1.72. The van der Waals surface area contributed by atoms with E-state index in [1.807, 2.05) is 0 Å². The van der Waals surface area contributed by atoms with Gasteiger partial charge in [-0.15, -0.1) is 0 Å². The zero-order chi connectivity index (χ0) is 11.5. The molecule has 0 unspecified atom stereocenters. The molecular formula is C9H10N4O3. The van der Waals surface area contributed by atoms with Crippen LogP contribution >= 0.6 is 0 Å². The minimum Gasteiger partial charge on any atom is -0.481 e. The molecule has 0 bridgehead atoms. The standard InChI is InChI=1S/C9H10N4O3/c14-2-1-6-10-4-5-9(12-6)13-7(11-5)3-8(15)16/h4,14H,1-3H2,(H,15,16)(H,10,11,12,13). The molecule has 2 aromatic heterocycles. The molecule has 2 rings (SSSR count). The summed E-state index contributed by atoms with van der Waals surface area (Å²) in [5, 5.41) is 17.3. The Hall–Kier alpha value is -2.02. The summed E-state index contributed by atoms with van der Waals surface area (Å²) in [5.41, 5.74) is 1.02. The topological polar surface area (TPSA) is 112 Å². The quantitative estimate of drug-likeness (QED) is 0.643. The molecule has 16 heavy (non-hydrogen) atoms. The van der Waals surface area contributed by atoms with E-state index >= 15 is 0 Å². The van der Waals surface area contributed by atoms with Gasteiger partial charge in [0.15, 0.2) is 5.65 Å². The fraction of sp³-hybridized carbons (Fsp3) is 0.333. The number of aliphatic hydroxyl groups is 1. The number of fused-ring (bicyclic) bond motifs is 1. The van der Waals surface area contributed by atoms with Crippen LogP contribution in [0, 0.1) is 0 Å². The maximum atomic E-state index is 10.5. The van der Waals surface area contributed by atoms with Crippen LogP contribution in [0.5, 0.6) is 0 Å². The number of aromatic nitrogens is 4. The van der Waals surface area contributed by atoms with E-state index in [4.69, 9.17) is 10.2 Å². The predicted molar refractivity (Wildman–Crippen MR) is 53.8 cm³/mol. The second kappa shape index (κ2) is 4.23. The summed E-state index contributed by atoms with van der Waals surface area (Å²) in [6, 6.07) is 0. The molecule has 2 heterocycles. The van der Waals surface area contributed by atoms with E-state index in [9.17, 15) is 4.79 Å². The van der Waals surface area contributed by atoms with E-state index < -0.39 is 5.97 Å². The van der Waals surface area contributed by atoms with E-state index in [0.717, 1.165) is 0 Å². The zero-order valence-electron chi connectivity index (χ0n) is 8.34. The average molecular weight is 222 g/mol. The largest absolute Gasteiger partial charge is 0.481 e. The van der Waals surface area contributed by atoms with Gasteiger partial charge in [-0.2, -0.15) is 0 Å². The number of hydrogen-bond donors (Lipinski definition) is 3. The average Bonchev–Trinajstić information content (AvgIpc) is 2.58. The number of imidazole rings is 1. The Morgan fingerprint density at radius 2 is 2.25 bits per heavy atom. The van der Waals surface area contributed by atoms with Crippen molar-refractivity contribution >= 4 is 17.1 Å². The first-order chi connectivity index (χ1) is 7.69. The molecule has 0 atom stereocenters. The van der Waals surface area contributed by atoms with Gasteiger partial charge in [-0.05, 0) is 0 Å². The monoisotopic (exact) mass is 222 g/mol. The number of carboxylic acid groups (broad SMARTS) is 1. The Kier molecular flexibility index (Phi) is 2.78. The van der Waals surface area contributed by atoms with Crippen molar-refractivity contribution in [2.45, 2.75) is 12.8 Å². The second-order valence-electron chi connectivity index (χ2n) is 3.25. The fourth-order valence-corrected chi connectivity index (χ4v) is 1.34. The molecule has 0 fully saturated rings. The van der Waals surface area contributed by atoms with E-state index in [1.165, 1.54) is 6.20 Å². The Balaban J connectivity index is 2.34. The van der Waals surface area contributed by atoms with Crippen LogP contribution in [0.2, 0.25) is 0 Å². The highest BCUT2D eigenvalue weighted by molar-refractivity contribution is 5.73. The van der Waals surface area contributed by atoms with Gasteiger partial charge in [0.1, 0.15) is 23.6 Å². The Labute approximate surface area is 90.2 Å². The maximum absolute atomic E-state index is 10.5. The number of hydrogen-bond acceptors (Lipinski definition) is 5. The zero-order valence-corrected chi connectivity index (χ0v) is 8.34. The van der Waals surface area contributed by atoms with Crippen LogP contribution in [0.25, 0.3) is 11.2 Å². The van der Waals surface area contributed by atoms with Crippen molar-refractivity contribution in [3.63, 3.8) is 0 Å². The lowest BCUT2D eigenvalue weighted by atomic mass is 10.4. The van der Waals surface area contributed by atoms with Crippen LogP contribution in [-0.4, -0.2) is 42.7 Å². The van der Waals surface area contributed by atoms with Crippen LogP contribution in [0.15, 0.2) is 6.20 Å². The van der Waals surface area contributed by atoms with Crippen LogP contribution in [0.1, 0.15) is 11.6 Å². The van der Waals surface area contributed by atoms with Crippen LogP contribution in [0.3, 0.4) is 0 Å². The molecule has 0 saturated heterocycles. The van der Waals surface area contributed by atoms with Gasteiger partial charge in [-0.25, -0.2) is 15.0 Å². The molecule has 0 aromatic carbocycles. The van der Waals surface area contributed by atoms with Gasteiger partial charge in [0, 0.05) is 6.42 Å². The number of aliphatic hydroxyl groups excluding tert-OH is 1. The second-order valence-corrected chi connectivity index (χ2v) is 3.25. The number of carboxylic acids is 1. The minimum atomic E-state index is -0.956. The van der Waals surface area contributed by atoms with E-state index in [2.05, 4.69) is 19.9 Å². The van der Waals surface area contributed by atoms with Crippen molar-refractivity contribution in [3.05, 3.63) is 17.8 Å². The van der Waals surface area contributed by atoms with Crippen molar-refractivity contribution in [1.82, 2.24) is 19.9 Å². The smallest absolute Gasteiger partial charge is 0.311 e. The number of nitrogens with zero attached hydrogens (tertiary/aromatic N) is 3. The number of aliphatic carboxylic acids is 1. The third kappa shape index (κ3) is 2.14. The summed E-state index contributed by atoms with van der Waals surface area (Å²) in [7, 11) is 0. The molecule has 3 N–H and O–H groups in total. The first kappa shape index (κ1) is 10.5. The lowest BCUT2D eigenvalue weighted by Gasteiger charge is -1.94. The van der Waals surface area contributed by atoms with Gasteiger partial charge in [0.05, 0.1) is 12.8 Å². The summed E-state index contributed by atoms with van der Waals surface area (Å²) in [4.78, 5) is 25.4. The molecule has 84 valence electrons. The van der Waals surface area contributed by atoms with Crippen molar-refractivity contribution < 1.29 is 15.0 Å². The molecule has 0 spiro atoms. The minimum absolute atomic E-state index is 0.0298. The van der Waals surface area contributed by atoms with Gasteiger partial charge >= 0.3 is 5.97 Å². The van der Waals surface area contributed by atoms with Gasteiger partial charge < -0.3 is 15.2 Å². The molecule has 0 aliphatic carbocycles. The van der Waals surface area contributed by atoms with Gasteiger partial charge in [0.2, 0.25) is 0 Å². The van der Waals surface area contributed by atoms with Crippen LogP contribution < -0.4 is 0 Å². The molecule has 0 saturated carbocycles. The first-order valence-electron chi connectivity index (χ1n) is 4.72. The lowest BCUT2D eigenvalue weighted by molar-refractivity contribution is -0.136. The number of rotatable bonds is 4. The van der Waals surface area contributed by atoms with Crippen LogP contribution in [-0.2, 0) is 17.6 Å². The van der Waals surface area contributed by atoms with Gasteiger partial charge in [-0.1, -0.05) is 0 Å². The summed E-state index contributed by atoms with van der Waals surface area (Å²) in [5.74, 6) is -0.121. The molecule has 2 aromatic rings. The number of H-pyrrole nitrogens is 1. The molecule has 0 aliphatic heterocycles. The van der Waals surface area contributed by atoms with E-state index in [-0.39, 0.29) is 13.0 Å². The summed E-state index contributed by atoms with van der Waals surface area (Å²) < 4.78 is 0. The van der Waals surface area contributed by atoms with Crippen molar-refractivity contribution in [2.24, 2.45) is 0 Å². The van der Waals surface area contributed by atoms with Gasteiger partial charge in [0.25, 0.3) is 0 Å².